The topological polar surface area (TPSA) is 68.9 Å². The van der Waals surface area contributed by atoms with Crippen LogP contribution in [0.2, 0.25) is 0 Å². The third-order valence-electron chi connectivity index (χ3n) is 3.92. The number of benzene rings is 1. The molecule has 1 aromatic carbocycles. The minimum Gasteiger partial charge on any atom is -0.324 e. The summed E-state index contributed by atoms with van der Waals surface area (Å²) < 4.78 is 4.05. The molecule has 134 valence electrons. The Morgan fingerprint density at radius 2 is 2.19 bits per heavy atom. The molecule has 6 nitrogen and oxygen atoms in total. The highest BCUT2D eigenvalue weighted by Crippen LogP contribution is 2.18. The standard InChI is InChI=1S/C18H18N4O2S2/c1-4-7-22-16-15(26-18(22)25)17(24)21(10-19-16)9-14(23)20-13-6-5-11(2)8-12(13)3/h4-6,8,10H,1,7,9H2,2-3H3,(H,20,23). The number of fused-ring (bicyclic) bond motifs is 1. The Hall–Kier alpha value is -2.58. The van der Waals surface area contributed by atoms with Gasteiger partial charge in [0, 0.05) is 12.2 Å². The van der Waals surface area contributed by atoms with Gasteiger partial charge < -0.3 is 9.88 Å². The quantitative estimate of drug-likeness (QED) is 0.539. The van der Waals surface area contributed by atoms with Gasteiger partial charge in [0.1, 0.15) is 17.6 Å². The van der Waals surface area contributed by atoms with Crippen LogP contribution in [0.25, 0.3) is 10.3 Å². The van der Waals surface area contributed by atoms with Gasteiger partial charge in [0.25, 0.3) is 5.56 Å². The molecule has 0 spiro atoms. The van der Waals surface area contributed by atoms with Crippen molar-refractivity contribution in [2.24, 2.45) is 0 Å². The van der Waals surface area contributed by atoms with Crippen LogP contribution < -0.4 is 10.9 Å². The zero-order chi connectivity index (χ0) is 18.8. The molecule has 0 unspecified atom stereocenters. The Bertz CT molecular complexity index is 1120. The van der Waals surface area contributed by atoms with Gasteiger partial charge in [-0.15, -0.1) is 6.58 Å². The third-order valence-corrected chi connectivity index (χ3v) is 5.35. The van der Waals surface area contributed by atoms with Gasteiger partial charge in [0.15, 0.2) is 9.60 Å². The molecule has 0 radical (unpaired) electrons. The lowest BCUT2D eigenvalue weighted by molar-refractivity contribution is -0.116. The third kappa shape index (κ3) is 3.51. The minimum absolute atomic E-state index is 0.110. The number of aromatic nitrogens is 3. The van der Waals surface area contributed by atoms with Crippen LogP contribution in [0.3, 0.4) is 0 Å². The molecule has 0 atom stereocenters. The summed E-state index contributed by atoms with van der Waals surface area (Å²) in [5, 5.41) is 2.84. The number of hydrogen-bond donors (Lipinski definition) is 1. The van der Waals surface area contributed by atoms with Crippen LogP contribution in [0.15, 0.2) is 42.0 Å². The summed E-state index contributed by atoms with van der Waals surface area (Å²) in [4.78, 5) is 29.3. The highest BCUT2D eigenvalue weighted by atomic mass is 32.1. The van der Waals surface area contributed by atoms with E-state index in [1.165, 1.54) is 22.2 Å². The van der Waals surface area contributed by atoms with Crippen LogP contribution in [-0.2, 0) is 17.9 Å². The van der Waals surface area contributed by atoms with E-state index >= 15 is 0 Å². The van der Waals surface area contributed by atoms with E-state index in [1.54, 1.807) is 10.6 Å². The monoisotopic (exact) mass is 386 g/mol. The van der Waals surface area contributed by atoms with Gasteiger partial charge >= 0.3 is 0 Å². The SMILES string of the molecule is C=CCn1c(=S)sc2c(=O)n(CC(=O)Nc3ccc(C)cc3C)cnc21. The van der Waals surface area contributed by atoms with E-state index in [9.17, 15) is 9.59 Å². The molecule has 2 heterocycles. The van der Waals surface area contributed by atoms with Crippen LogP contribution in [0.5, 0.6) is 0 Å². The number of aryl methyl sites for hydroxylation is 2. The van der Waals surface area contributed by atoms with E-state index in [0.29, 0.717) is 20.8 Å². The summed E-state index contributed by atoms with van der Waals surface area (Å²) in [7, 11) is 0. The Kier molecular flexibility index (Phi) is 5.15. The van der Waals surface area contributed by atoms with Crippen molar-refractivity contribution in [2.45, 2.75) is 26.9 Å². The number of hydrogen-bond acceptors (Lipinski definition) is 5. The maximum absolute atomic E-state index is 12.7. The lowest BCUT2D eigenvalue weighted by Crippen LogP contribution is -2.27. The zero-order valence-electron chi connectivity index (χ0n) is 14.5. The zero-order valence-corrected chi connectivity index (χ0v) is 16.1. The largest absolute Gasteiger partial charge is 0.324 e. The number of amides is 1. The van der Waals surface area contributed by atoms with Crippen LogP contribution >= 0.6 is 23.6 Å². The second kappa shape index (κ2) is 7.35. The number of anilines is 1. The summed E-state index contributed by atoms with van der Waals surface area (Å²) in [5.74, 6) is -0.283. The molecule has 1 amide bonds. The number of nitrogens with one attached hydrogen (secondary N) is 1. The predicted octanol–water partition coefficient (Wildman–Crippen LogP) is 3.43. The first kappa shape index (κ1) is 18.2. The predicted molar refractivity (Wildman–Crippen MR) is 107 cm³/mol. The molecule has 0 saturated heterocycles. The van der Waals surface area contributed by atoms with Crippen molar-refractivity contribution in [2.75, 3.05) is 5.32 Å². The number of thiazole rings is 1. The van der Waals surface area contributed by atoms with Gasteiger partial charge in [-0.2, -0.15) is 0 Å². The molecule has 0 aliphatic rings. The van der Waals surface area contributed by atoms with E-state index in [2.05, 4.69) is 16.9 Å². The molecule has 3 rings (SSSR count). The molecular formula is C18H18N4O2S2. The summed E-state index contributed by atoms with van der Waals surface area (Å²) in [5.41, 5.74) is 3.08. The average Bonchev–Trinajstić information content (AvgIpc) is 2.90. The van der Waals surface area contributed by atoms with Gasteiger partial charge in [-0.3, -0.25) is 14.2 Å². The summed E-state index contributed by atoms with van der Waals surface area (Å²) in [6.07, 6.45) is 3.08. The van der Waals surface area contributed by atoms with Gasteiger partial charge in [0.05, 0.1) is 0 Å². The normalized spacial score (nSPS) is 10.8. The van der Waals surface area contributed by atoms with Crippen LogP contribution in [0.1, 0.15) is 11.1 Å². The fourth-order valence-electron chi connectivity index (χ4n) is 2.67. The second-order valence-electron chi connectivity index (χ2n) is 5.96. The fourth-order valence-corrected chi connectivity index (χ4v) is 3.99. The molecule has 1 N–H and O–H groups in total. The van der Waals surface area contributed by atoms with Gasteiger partial charge in [-0.25, -0.2) is 4.98 Å². The van der Waals surface area contributed by atoms with Gasteiger partial charge in [-0.05, 0) is 37.7 Å². The second-order valence-corrected chi connectivity index (χ2v) is 7.61. The van der Waals surface area contributed by atoms with Crippen LogP contribution in [0.4, 0.5) is 5.69 Å². The Morgan fingerprint density at radius 3 is 2.88 bits per heavy atom. The molecule has 0 aliphatic carbocycles. The van der Waals surface area contributed by atoms with E-state index in [4.69, 9.17) is 12.2 Å². The summed E-state index contributed by atoms with van der Waals surface area (Å²) in [6, 6.07) is 5.77. The fraction of sp³-hybridized carbons (Fsp3) is 0.222. The van der Waals surface area contributed by atoms with Crippen molar-refractivity contribution in [3.8, 4) is 0 Å². The van der Waals surface area contributed by atoms with Crippen molar-refractivity contribution in [3.05, 3.63) is 62.6 Å². The lowest BCUT2D eigenvalue weighted by atomic mass is 10.1. The lowest BCUT2D eigenvalue weighted by Gasteiger charge is -2.10. The highest BCUT2D eigenvalue weighted by Gasteiger charge is 2.13. The van der Waals surface area contributed by atoms with E-state index in [1.807, 2.05) is 32.0 Å². The molecule has 0 fully saturated rings. The number of rotatable bonds is 5. The first-order chi connectivity index (χ1) is 12.4. The van der Waals surface area contributed by atoms with Crippen molar-refractivity contribution in [1.29, 1.82) is 0 Å². The van der Waals surface area contributed by atoms with Crippen LogP contribution in [0, 0.1) is 17.8 Å². The molecule has 26 heavy (non-hydrogen) atoms. The number of nitrogens with zero attached hydrogens (tertiary/aromatic N) is 3. The van der Waals surface area contributed by atoms with E-state index < -0.39 is 0 Å². The summed E-state index contributed by atoms with van der Waals surface area (Å²) in [6.45, 7) is 7.99. The first-order valence-electron chi connectivity index (χ1n) is 7.97. The smallest absolute Gasteiger partial charge is 0.273 e. The van der Waals surface area contributed by atoms with Gasteiger partial charge in [0.2, 0.25) is 5.91 Å². The van der Waals surface area contributed by atoms with Crippen molar-refractivity contribution < 1.29 is 4.79 Å². The Morgan fingerprint density at radius 1 is 1.42 bits per heavy atom. The highest BCUT2D eigenvalue weighted by molar-refractivity contribution is 7.73. The minimum atomic E-state index is -0.283. The summed E-state index contributed by atoms with van der Waals surface area (Å²) >= 11 is 6.48. The number of allylic oxidation sites excluding steroid dienone is 1. The molecule has 0 saturated carbocycles. The molecule has 0 aliphatic heterocycles. The maximum Gasteiger partial charge on any atom is 0.273 e. The Balaban J connectivity index is 1.88. The molecule has 3 aromatic rings. The van der Waals surface area contributed by atoms with Crippen molar-refractivity contribution in [1.82, 2.24) is 14.1 Å². The maximum atomic E-state index is 12.7. The molecular weight excluding hydrogens is 368 g/mol. The van der Waals surface area contributed by atoms with Crippen LogP contribution in [-0.4, -0.2) is 20.0 Å². The van der Waals surface area contributed by atoms with Crippen molar-refractivity contribution in [3.63, 3.8) is 0 Å². The van der Waals surface area contributed by atoms with Gasteiger partial charge in [-0.1, -0.05) is 35.1 Å². The average molecular weight is 387 g/mol. The first-order valence-corrected chi connectivity index (χ1v) is 9.20. The molecule has 2 aromatic heterocycles. The molecule has 0 bridgehead atoms. The number of carbonyl (C=O) groups is 1. The van der Waals surface area contributed by atoms with Crippen molar-refractivity contribution >= 4 is 45.5 Å². The van der Waals surface area contributed by atoms with E-state index in [-0.39, 0.29) is 18.0 Å². The van der Waals surface area contributed by atoms with E-state index in [0.717, 1.165) is 16.8 Å². The number of carbonyl (C=O) groups excluding carboxylic acids is 1. The molecule has 8 heteroatoms. The Labute approximate surface area is 159 Å².